The van der Waals surface area contributed by atoms with Crippen molar-refractivity contribution < 1.29 is 4.52 Å². The molecule has 2 aromatic heterocycles. The predicted molar refractivity (Wildman–Crippen MR) is 83.3 cm³/mol. The molecule has 1 atom stereocenters. The summed E-state index contributed by atoms with van der Waals surface area (Å²) in [7, 11) is 0. The number of nitrogens with zero attached hydrogens (tertiary/aromatic N) is 4. The van der Waals surface area contributed by atoms with Crippen LogP contribution in [0.2, 0.25) is 0 Å². The van der Waals surface area contributed by atoms with E-state index >= 15 is 0 Å². The van der Waals surface area contributed by atoms with Gasteiger partial charge in [0, 0.05) is 39.1 Å². The molecule has 2 aromatic rings. The van der Waals surface area contributed by atoms with Crippen LogP contribution in [0.15, 0.2) is 21.3 Å². The van der Waals surface area contributed by atoms with Gasteiger partial charge in [-0.1, -0.05) is 12.1 Å². The van der Waals surface area contributed by atoms with E-state index in [1.165, 1.54) is 5.56 Å². The van der Waals surface area contributed by atoms with Gasteiger partial charge in [-0.3, -0.25) is 9.80 Å². The summed E-state index contributed by atoms with van der Waals surface area (Å²) < 4.78 is 5.37. The van der Waals surface area contributed by atoms with Gasteiger partial charge in [0.05, 0.1) is 6.04 Å². The molecule has 0 aliphatic carbocycles. The SMILES string of the molecule is CCc1noc(C(C)N2CCN(Cc3ccsc3)CC2)n1. The van der Waals surface area contributed by atoms with E-state index in [1.54, 1.807) is 11.3 Å². The maximum atomic E-state index is 5.37. The van der Waals surface area contributed by atoms with Crippen molar-refractivity contribution in [2.24, 2.45) is 0 Å². The van der Waals surface area contributed by atoms with E-state index in [4.69, 9.17) is 4.52 Å². The first kappa shape index (κ1) is 14.7. The van der Waals surface area contributed by atoms with Gasteiger partial charge in [-0.05, 0) is 29.3 Å². The normalized spacial score (nSPS) is 19.0. The van der Waals surface area contributed by atoms with Crippen LogP contribution in [0.3, 0.4) is 0 Å². The summed E-state index contributed by atoms with van der Waals surface area (Å²) in [6, 6.07) is 2.42. The minimum atomic E-state index is 0.209. The van der Waals surface area contributed by atoms with Crippen molar-refractivity contribution in [3.63, 3.8) is 0 Å². The molecule has 5 nitrogen and oxygen atoms in total. The second-order valence-electron chi connectivity index (χ2n) is 5.52. The Bertz CT molecular complexity index is 546. The second-order valence-corrected chi connectivity index (χ2v) is 6.30. The van der Waals surface area contributed by atoms with E-state index in [2.05, 4.69) is 43.7 Å². The lowest BCUT2D eigenvalue weighted by molar-refractivity contribution is 0.0846. The number of hydrogen-bond donors (Lipinski definition) is 0. The molecule has 0 amide bonds. The molecule has 114 valence electrons. The summed E-state index contributed by atoms with van der Waals surface area (Å²) in [6.07, 6.45) is 0.824. The van der Waals surface area contributed by atoms with Crippen molar-refractivity contribution in [3.05, 3.63) is 34.1 Å². The van der Waals surface area contributed by atoms with Gasteiger partial charge in [0.2, 0.25) is 5.89 Å². The molecular formula is C15H22N4OS. The molecule has 3 rings (SSSR count). The van der Waals surface area contributed by atoms with Crippen LogP contribution in [0.5, 0.6) is 0 Å². The zero-order valence-corrected chi connectivity index (χ0v) is 13.5. The van der Waals surface area contributed by atoms with Crippen molar-refractivity contribution in [1.82, 2.24) is 19.9 Å². The Morgan fingerprint density at radius 1 is 1.33 bits per heavy atom. The number of aromatic nitrogens is 2. The molecule has 0 N–H and O–H groups in total. The Morgan fingerprint density at radius 2 is 2.14 bits per heavy atom. The lowest BCUT2D eigenvalue weighted by Gasteiger charge is -2.36. The molecule has 0 saturated carbocycles. The number of thiophene rings is 1. The maximum absolute atomic E-state index is 5.37. The molecule has 0 aromatic carbocycles. The van der Waals surface area contributed by atoms with E-state index in [9.17, 15) is 0 Å². The summed E-state index contributed by atoms with van der Waals surface area (Å²) in [5.74, 6) is 1.55. The molecule has 1 saturated heterocycles. The van der Waals surface area contributed by atoms with Crippen LogP contribution in [0.1, 0.15) is 37.2 Å². The molecule has 1 fully saturated rings. The molecule has 0 radical (unpaired) electrons. The summed E-state index contributed by atoms with van der Waals surface area (Å²) in [5, 5.41) is 8.38. The Kier molecular flexibility index (Phi) is 4.67. The summed E-state index contributed by atoms with van der Waals surface area (Å²) in [4.78, 5) is 9.39. The highest BCUT2D eigenvalue weighted by atomic mass is 32.1. The smallest absolute Gasteiger partial charge is 0.243 e. The Hall–Kier alpha value is -1.24. The van der Waals surface area contributed by atoms with Crippen LogP contribution >= 0.6 is 11.3 Å². The Balaban J connectivity index is 1.52. The van der Waals surface area contributed by atoms with E-state index in [0.717, 1.165) is 50.9 Å². The standard InChI is InChI=1S/C15H22N4OS/c1-3-14-16-15(20-17-14)12(2)19-7-5-18(6-8-19)10-13-4-9-21-11-13/h4,9,11-12H,3,5-8,10H2,1-2H3. The first-order chi connectivity index (χ1) is 10.3. The third kappa shape index (κ3) is 3.51. The molecule has 1 aliphatic heterocycles. The highest BCUT2D eigenvalue weighted by Crippen LogP contribution is 2.21. The minimum Gasteiger partial charge on any atom is -0.338 e. The number of piperazine rings is 1. The third-order valence-corrected chi connectivity index (χ3v) is 4.83. The zero-order chi connectivity index (χ0) is 14.7. The highest BCUT2D eigenvalue weighted by molar-refractivity contribution is 7.07. The van der Waals surface area contributed by atoms with E-state index in [-0.39, 0.29) is 6.04 Å². The van der Waals surface area contributed by atoms with Crippen molar-refractivity contribution in [2.45, 2.75) is 32.9 Å². The summed E-state index contributed by atoms with van der Waals surface area (Å²) >= 11 is 1.77. The largest absolute Gasteiger partial charge is 0.338 e. The van der Waals surface area contributed by atoms with Gasteiger partial charge in [0.15, 0.2) is 5.82 Å². The first-order valence-corrected chi connectivity index (χ1v) is 8.50. The van der Waals surface area contributed by atoms with Crippen LogP contribution in [-0.2, 0) is 13.0 Å². The van der Waals surface area contributed by atoms with Gasteiger partial charge >= 0.3 is 0 Å². The fourth-order valence-electron chi connectivity index (χ4n) is 2.69. The van der Waals surface area contributed by atoms with Gasteiger partial charge < -0.3 is 4.52 Å². The van der Waals surface area contributed by atoms with Crippen molar-refractivity contribution >= 4 is 11.3 Å². The average molecular weight is 306 g/mol. The van der Waals surface area contributed by atoms with Crippen LogP contribution in [0.4, 0.5) is 0 Å². The number of aryl methyl sites for hydroxylation is 1. The van der Waals surface area contributed by atoms with Gasteiger partial charge in [-0.15, -0.1) is 0 Å². The lowest BCUT2D eigenvalue weighted by atomic mass is 10.2. The van der Waals surface area contributed by atoms with Gasteiger partial charge in [-0.25, -0.2) is 0 Å². The molecular weight excluding hydrogens is 284 g/mol. The van der Waals surface area contributed by atoms with E-state index in [1.807, 2.05) is 6.92 Å². The number of rotatable bonds is 5. The quantitative estimate of drug-likeness (QED) is 0.849. The van der Waals surface area contributed by atoms with Crippen molar-refractivity contribution in [2.75, 3.05) is 26.2 Å². The van der Waals surface area contributed by atoms with Crippen LogP contribution in [0, 0.1) is 0 Å². The van der Waals surface area contributed by atoms with E-state index < -0.39 is 0 Å². The van der Waals surface area contributed by atoms with Crippen molar-refractivity contribution in [3.8, 4) is 0 Å². The molecule has 1 aliphatic rings. The molecule has 0 spiro atoms. The molecule has 0 bridgehead atoms. The lowest BCUT2D eigenvalue weighted by Crippen LogP contribution is -2.46. The Labute approximate surface area is 129 Å². The fraction of sp³-hybridized carbons (Fsp3) is 0.600. The predicted octanol–water partition coefficient (Wildman–Crippen LogP) is 2.57. The molecule has 21 heavy (non-hydrogen) atoms. The Morgan fingerprint density at radius 3 is 2.76 bits per heavy atom. The number of hydrogen-bond acceptors (Lipinski definition) is 6. The first-order valence-electron chi connectivity index (χ1n) is 7.56. The van der Waals surface area contributed by atoms with E-state index in [0.29, 0.717) is 0 Å². The van der Waals surface area contributed by atoms with Crippen LogP contribution < -0.4 is 0 Å². The molecule has 6 heteroatoms. The zero-order valence-electron chi connectivity index (χ0n) is 12.7. The minimum absolute atomic E-state index is 0.209. The van der Waals surface area contributed by atoms with Crippen LogP contribution in [-0.4, -0.2) is 46.1 Å². The maximum Gasteiger partial charge on any atom is 0.243 e. The van der Waals surface area contributed by atoms with Gasteiger partial charge in [-0.2, -0.15) is 16.3 Å². The molecule has 3 heterocycles. The summed E-state index contributed by atoms with van der Waals surface area (Å²) in [5.41, 5.74) is 1.42. The van der Waals surface area contributed by atoms with Gasteiger partial charge in [0.1, 0.15) is 0 Å². The van der Waals surface area contributed by atoms with Crippen LogP contribution in [0.25, 0.3) is 0 Å². The summed E-state index contributed by atoms with van der Waals surface area (Å²) in [6.45, 7) is 9.55. The monoisotopic (exact) mass is 306 g/mol. The average Bonchev–Trinajstić information content (AvgIpc) is 3.18. The second kappa shape index (κ2) is 6.68. The fourth-order valence-corrected chi connectivity index (χ4v) is 3.35. The molecule has 1 unspecified atom stereocenters. The topological polar surface area (TPSA) is 45.4 Å². The van der Waals surface area contributed by atoms with Gasteiger partial charge in [0.25, 0.3) is 0 Å². The third-order valence-electron chi connectivity index (χ3n) is 4.10. The van der Waals surface area contributed by atoms with Crippen molar-refractivity contribution in [1.29, 1.82) is 0 Å². The highest BCUT2D eigenvalue weighted by Gasteiger charge is 2.25.